The number of nitrogens with one attached hydrogen (secondary N) is 1. The molecular formula is C23H24ClN3O3. The first kappa shape index (κ1) is 21.7. The number of anilines is 1. The van der Waals surface area contributed by atoms with Crippen LogP contribution in [0.4, 0.5) is 5.69 Å². The van der Waals surface area contributed by atoms with Gasteiger partial charge in [0.2, 0.25) is 5.82 Å². The van der Waals surface area contributed by atoms with Gasteiger partial charge in [0.25, 0.3) is 5.91 Å². The van der Waals surface area contributed by atoms with Crippen molar-refractivity contribution < 1.29 is 14.3 Å². The van der Waals surface area contributed by atoms with Crippen LogP contribution in [0.3, 0.4) is 0 Å². The van der Waals surface area contributed by atoms with E-state index in [-0.39, 0.29) is 11.7 Å². The van der Waals surface area contributed by atoms with Crippen LogP contribution in [0.15, 0.2) is 54.6 Å². The van der Waals surface area contributed by atoms with Gasteiger partial charge in [-0.15, -0.1) is 0 Å². The molecule has 3 aromatic rings. The Morgan fingerprint density at radius 1 is 1.03 bits per heavy atom. The van der Waals surface area contributed by atoms with E-state index in [1.54, 1.807) is 24.3 Å². The highest BCUT2D eigenvalue weighted by Crippen LogP contribution is 2.21. The van der Waals surface area contributed by atoms with Crippen LogP contribution >= 0.6 is 11.6 Å². The zero-order chi connectivity index (χ0) is 21.3. The molecule has 0 aliphatic carbocycles. The second kappa shape index (κ2) is 10.7. The number of aromatic nitrogens is 2. The molecule has 0 saturated carbocycles. The van der Waals surface area contributed by atoms with Crippen LogP contribution in [0.25, 0.3) is 11.3 Å². The second-order valence-corrected chi connectivity index (χ2v) is 7.04. The number of carbonyl (C=O) groups excluding carboxylic acids is 1. The SMILES string of the molecule is CCOCCCOc1ccc(NC(=O)c2nc(C)cc(-c3ccc(Cl)cc3)n2)cc1. The van der Waals surface area contributed by atoms with Crippen molar-refractivity contribution in [1.82, 2.24) is 9.97 Å². The van der Waals surface area contributed by atoms with Gasteiger partial charge in [-0.05, 0) is 56.3 Å². The molecule has 1 aromatic heterocycles. The summed E-state index contributed by atoms with van der Waals surface area (Å²) in [6.45, 7) is 5.76. The molecule has 1 heterocycles. The molecule has 1 amide bonds. The van der Waals surface area contributed by atoms with Crippen molar-refractivity contribution in [2.24, 2.45) is 0 Å². The van der Waals surface area contributed by atoms with E-state index in [2.05, 4.69) is 15.3 Å². The average Bonchev–Trinajstić information content (AvgIpc) is 2.75. The van der Waals surface area contributed by atoms with Crippen molar-refractivity contribution >= 4 is 23.2 Å². The van der Waals surface area contributed by atoms with Gasteiger partial charge in [-0.1, -0.05) is 23.7 Å². The molecule has 3 rings (SSSR count). The number of carbonyl (C=O) groups is 1. The standard InChI is InChI=1S/C23H24ClN3O3/c1-3-29-13-4-14-30-20-11-9-19(10-12-20)26-23(28)22-25-16(2)15-21(27-22)17-5-7-18(24)8-6-17/h5-12,15H,3-4,13-14H2,1-2H3,(H,26,28). The lowest BCUT2D eigenvalue weighted by molar-refractivity contribution is 0.101. The van der Waals surface area contributed by atoms with Crippen molar-refractivity contribution in [3.05, 3.63) is 71.1 Å². The molecule has 0 bridgehead atoms. The third kappa shape index (κ3) is 6.27. The summed E-state index contributed by atoms with van der Waals surface area (Å²) >= 11 is 5.95. The first-order valence-electron chi connectivity index (χ1n) is 9.78. The van der Waals surface area contributed by atoms with Crippen LogP contribution in [-0.4, -0.2) is 35.7 Å². The van der Waals surface area contributed by atoms with Gasteiger partial charge in [-0.25, -0.2) is 9.97 Å². The lowest BCUT2D eigenvalue weighted by Gasteiger charge is -2.09. The topological polar surface area (TPSA) is 73.3 Å². The van der Waals surface area contributed by atoms with Gasteiger partial charge in [0.05, 0.1) is 12.3 Å². The van der Waals surface area contributed by atoms with Crippen LogP contribution in [0.1, 0.15) is 29.7 Å². The number of rotatable bonds is 9. The Morgan fingerprint density at radius 3 is 2.47 bits per heavy atom. The Morgan fingerprint density at radius 2 is 1.77 bits per heavy atom. The van der Waals surface area contributed by atoms with Crippen LogP contribution in [0, 0.1) is 6.92 Å². The summed E-state index contributed by atoms with van der Waals surface area (Å²) in [5.41, 5.74) is 2.88. The predicted octanol–water partition coefficient (Wildman–Crippen LogP) is 5.16. The molecule has 0 fully saturated rings. The number of halogens is 1. The first-order chi connectivity index (χ1) is 14.5. The van der Waals surface area contributed by atoms with Gasteiger partial charge < -0.3 is 14.8 Å². The normalized spacial score (nSPS) is 10.6. The van der Waals surface area contributed by atoms with Crippen molar-refractivity contribution in [1.29, 1.82) is 0 Å². The fourth-order valence-electron chi connectivity index (χ4n) is 2.76. The number of nitrogens with zero attached hydrogens (tertiary/aromatic N) is 2. The minimum Gasteiger partial charge on any atom is -0.494 e. The number of benzene rings is 2. The lowest BCUT2D eigenvalue weighted by Crippen LogP contribution is -2.16. The molecule has 0 saturated heterocycles. The van der Waals surface area contributed by atoms with Crippen LogP contribution in [-0.2, 0) is 4.74 Å². The van der Waals surface area contributed by atoms with Crippen molar-refractivity contribution in [2.45, 2.75) is 20.3 Å². The van der Waals surface area contributed by atoms with Crippen molar-refractivity contribution in [2.75, 3.05) is 25.1 Å². The summed E-state index contributed by atoms with van der Waals surface area (Å²) in [6, 6.07) is 16.3. The van der Waals surface area contributed by atoms with Crippen molar-refractivity contribution in [3.8, 4) is 17.0 Å². The highest BCUT2D eigenvalue weighted by molar-refractivity contribution is 6.30. The Bertz CT molecular complexity index is 976. The Labute approximate surface area is 181 Å². The monoisotopic (exact) mass is 425 g/mol. The van der Waals surface area contributed by atoms with Crippen molar-refractivity contribution in [3.63, 3.8) is 0 Å². The fourth-order valence-corrected chi connectivity index (χ4v) is 2.88. The molecule has 0 aliphatic heterocycles. The van der Waals surface area contributed by atoms with Crippen LogP contribution in [0.5, 0.6) is 5.75 Å². The third-order valence-electron chi connectivity index (χ3n) is 4.22. The summed E-state index contributed by atoms with van der Waals surface area (Å²) in [4.78, 5) is 21.3. The van der Waals surface area contributed by atoms with E-state index in [4.69, 9.17) is 21.1 Å². The van der Waals surface area contributed by atoms with Gasteiger partial charge in [-0.3, -0.25) is 4.79 Å². The Kier molecular flexibility index (Phi) is 7.76. The average molecular weight is 426 g/mol. The van der Waals surface area contributed by atoms with E-state index in [9.17, 15) is 4.79 Å². The molecule has 6 nitrogen and oxygen atoms in total. The van der Waals surface area contributed by atoms with E-state index in [1.807, 2.05) is 44.2 Å². The zero-order valence-electron chi connectivity index (χ0n) is 17.0. The maximum absolute atomic E-state index is 12.7. The van der Waals surface area contributed by atoms with Gasteiger partial charge >= 0.3 is 0 Å². The molecule has 30 heavy (non-hydrogen) atoms. The maximum atomic E-state index is 12.7. The number of aryl methyl sites for hydroxylation is 1. The van der Waals surface area contributed by atoms with E-state index < -0.39 is 0 Å². The fraction of sp³-hybridized carbons (Fsp3) is 0.261. The molecule has 2 aromatic carbocycles. The summed E-state index contributed by atoms with van der Waals surface area (Å²) in [6.07, 6.45) is 0.826. The summed E-state index contributed by atoms with van der Waals surface area (Å²) in [5.74, 6) is 0.469. The first-order valence-corrected chi connectivity index (χ1v) is 10.2. The van der Waals surface area contributed by atoms with Gasteiger partial charge in [0.1, 0.15) is 5.75 Å². The third-order valence-corrected chi connectivity index (χ3v) is 4.47. The minimum absolute atomic E-state index is 0.108. The molecule has 0 radical (unpaired) electrons. The largest absolute Gasteiger partial charge is 0.494 e. The molecule has 156 valence electrons. The molecule has 0 unspecified atom stereocenters. The summed E-state index contributed by atoms with van der Waals surface area (Å²) in [5, 5.41) is 3.47. The number of ether oxygens (including phenoxy) is 2. The zero-order valence-corrected chi connectivity index (χ0v) is 17.8. The molecule has 1 N–H and O–H groups in total. The number of hydrogen-bond donors (Lipinski definition) is 1. The van der Waals surface area contributed by atoms with E-state index in [0.29, 0.717) is 41.9 Å². The molecular weight excluding hydrogens is 402 g/mol. The second-order valence-electron chi connectivity index (χ2n) is 6.60. The van der Waals surface area contributed by atoms with Crippen LogP contribution in [0.2, 0.25) is 5.02 Å². The number of amides is 1. The van der Waals surface area contributed by atoms with E-state index in [0.717, 1.165) is 17.7 Å². The smallest absolute Gasteiger partial charge is 0.293 e. The lowest BCUT2D eigenvalue weighted by atomic mass is 10.1. The quantitative estimate of drug-likeness (QED) is 0.479. The van der Waals surface area contributed by atoms with Gasteiger partial charge in [0.15, 0.2) is 0 Å². The minimum atomic E-state index is -0.376. The molecule has 0 spiro atoms. The highest BCUT2D eigenvalue weighted by atomic mass is 35.5. The van der Waals surface area contributed by atoms with Gasteiger partial charge in [-0.2, -0.15) is 0 Å². The number of hydrogen-bond acceptors (Lipinski definition) is 5. The van der Waals surface area contributed by atoms with Gasteiger partial charge in [0, 0.05) is 41.6 Å². The summed E-state index contributed by atoms with van der Waals surface area (Å²) in [7, 11) is 0. The summed E-state index contributed by atoms with van der Waals surface area (Å²) < 4.78 is 10.9. The Hall–Kier alpha value is -2.96. The molecule has 7 heteroatoms. The highest BCUT2D eigenvalue weighted by Gasteiger charge is 2.13. The van der Waals surface area contributed by atoms with E-state index in [1.165, 1.54) is 0 Å². The molecule has 0 aliphatic rings. The maximum Gasteiger partial charge on any atom is 0.293 e. The molecule has 0 atom stereocenters. The van der Waals surface area contributed by atoms with E-state index >= 15 is 0 Å². The van der Waals surface area contributed by atoms with Crippen LogP contribution < -0.4 is 10.1 Å². The Balaban J connectivity index is 1.63. The predicted molar refractivity (Wildman–Crippen MR) is 118 cm³/mol.